The molecular weight excluding hydrogens is 333 g/mol. The molecule has 0 saturated carbocycles. The third-order valence-corrected chi connectivity index (χ3v) is 4.49. The van der Waals surface area contributed by atoms with Crippen molar-refractivity contribution in [3.05, 3.63) is 63.8 Å². The van der Waals surface area contributed by atoms with E-state index in [9.17, 15) is 4.79 Å². The fourth-order valence-corrected chi connectivity index (χ4v) is 2.92. The summed E-state index contributed by atoms with van der Waals surface area (Å²) in [7, 11) is 1.35. The molecule has 23 heavy (non-hydrogen) atoms. The Hall–Kier alpha value is -2.10. The van der Waals surface area contributed by atoms with Crippen molar-refractivity contribution in [1.82, 2.24) is 4.98 Å². The summed E-state index contributed by atoms with van der Waals surface area (Å²) < 4.78 is 4.79. The topological polar surface area (TPSA) is 39.2 Å². The highest BCUT2D eigenvalue weighted by Crippen LogP contribution is 2.35. The molecule has 116 valence electrons. The van der Waals surface area contributed by atoms with Crippen LogP contribution in [-0.2, 0) is 4.74 Å². The van der Waals surface area contributed by atoms with Gasteiger partial charge in [0.25, 0.3) is 0 Å². The molecule has 3 aromatic rings. The molecule has 3 rings (SSSR count). The number of nitrogens with zero attached hydrogens (tertiary/aromatic N) is 1. The summed E-state index contributed by atoms with van der Waals surface area (Å²) in [5.74, 6) is -0.402. The first-order chi connectivity index (χ1) is 11.0. The molecule has 0 atom stereocenters. The van der Waals surface area contributed by atoms with Gasteiger partial charge in [0.1, 0.15) is 0 Å². The molecule has 0 aliphatic heterocycles. The average molecular weight is 346 g/mol. The van der Waals surface area contributed by atoms with Gasteiger partial charge in [-0.3, -0.25) is 4.98 Å². The van der Waals surface area contributed by atoms with Gasteiger partial charge >= 0.3 is 5.97 Å². The van der Waals surface area contributed by atoms with Gasteiger partial charge < -0.3 is 4.74 Å². The van der Waals surface area contributed by atoms with Gasteiger partial charge in [-0.2, -0.15) is 0 Å². The Labute approximate surface area is 143 Å². The second-order valence-electron chi connectivity index (χ2n) is 5.12. The van der Waals surface area contributed by atoms with Crippen molar-refractivity contribution in [2.45, 2.75) is 6.92 Å². The van der Waals surface area contributed by atoms with Crippen molar-refractivity contribution in [3.63, 3.8) is 0 Å². The second-order valence-corrected chi connectivity index (χ2v) is 5.93. The first kappa shape index (κ1) is 15.8. The van der Waals surface area contributed by atoms with E-state index in [4.69, 9.17) is 27.9 Å². The van der Waals surface area contributed by atoms with Crippen molar-refractivity contribution in [2.24, 2.45) is 0 Å². The lowest BCUT2D eigenvalue weighted by Crippen LogP contribution is -2.01. The zero-order valence-corrected chi connectivity index (χ0v) is 14.1. The van der Waals surface area contributed by atoms with E-state index in [1.54, 1.807) is 24.4 Å². The maximum atomic E-state index is 11.8. The number of methoxy groups -OCH3 is 1. The van der Waals surface area contributed by atoms with E-state index in [-0.39, 0.29) is 0 Å². The van der Waals surface area contributed by atoms with Gasteiger partial charge in [0.05, 0.1) is 23.4 Å². The van der Waals surface area contributed by atoms with E-state index < -0.39 is 5.97 Å². The molecule has 2 aromatic carbocycles. The lowest BCUT2D eigenvalue weighted by atomic mass is 9.98. The Balaban J connectivity index is 2.34. The van der Waals surface area contributed by atoms with Crippen LogP contribution in [0.15, 0.2) is 42.6 Å². The van der Waals surface area contributed by atoms with E-state index >= 15 is 0 Å². The van der Waals surface area contributed by atoms with Crippen LogP contribution in [-0.4, -0.2) is 18.1 Å². The van der Waals surface area contributed by atoms with Gasteiger partial charge in [-0.15, -0.1) is 0 Å². The molecule has 3 nitrogen and oxygen atoms in total. The molecule has 0 aliphatic rings. The Morgan fingerprint density at radius 1 is 1.09 bits per heavy atom. The quantitative estimate of drug-likeness (QED) is 0.591. The number of benzene rings is 2. The summed E-state index contributed by atoms with van der Waals surface area (Å²) in [6.07, 6.45) is 1.61. The van der Waals surface area contributed by atoms with E-state index in [1.165, 1.54) is 7.11 Å². The normalized spacial score (nSPS) is 10.8. The van der Waals surface area contributed by atoms with Gasteiger partial charge in [-0.25, -0.2) is 4.79 Å². The van der Waals surface area contributed by atoms with Gasteiger partial charge in [0.2, 0.25) is 0 Å². The number of esters is 1. The number of aromatic nitrogens is 1. The molecule has 0 aliphatic carbocycles. The molecule has 0 saturated heterocycles. The smallest absolute Gasteiger partial charge is 0.337 e. The van der Waals surface area contributed by atoms with E-state index in [2.05, 4.69) is 4.98 Å². The predicted molar refractivity (Wildman–Crippen MR) is 93.3 cm³/mol. The largest absolute Gasteiger partial charge is 0.465 e. The van der Waals surface area contributed by atoms with Crippen molar-refractivity contribution < 1.29 is 9.53 Å². The van der Waals surface area contributed by atoms with Crippen LogP contribution in [0.1, 0.15) is 15.9 Å². The van der Waals surface area contributed by atoms with E-state index in [1.807, 2.05) is 25.1 Å². The summed E-state index contributed by atoms with van der Waals surface area (Å²) in [6, 6.07) is 10.9. The monoisotopic (exact) mass is 345 g/mol. The van der Waals surface area contributed by atoms with Crippen LogP contribution in [0.4, 0.5) is 0 Å². The minimum absolute atomic E-state index is 0.402. The van der Waals surface area contributed by atoms with Crippen LogP contribution < -0.4 is 0 Å². The predicted octanol–water partition coefficient (Wildman–Crippen LogP) is 5.30. The molecule has 1 aromatic heterocycles. The lowest BCUT2D eigenvalue weighted by Gasteiger charge is -2.12. The van der Waals surface area contributed by atoms with Crippen molar-refractivity contribution in [3.8, 4) is 11.3 Å². The van der Waals surface area contributed by atoms with Crippen molar-refractivity contribution in [1.29, 1.82) is 0 Å². The van der Waals surface area contributed by atoms with Crippen LogP contribution in [0.2, 0.25) is 10.0 Å². The number of ether oxygens (including phenoxy) is 1. The summed E-state index contributed by atoms with van der Waals surface area (Å²) in [4.78, 5) is 16.3. The molecule has 0 bridgehead atoms. The summed E-state index contributed by atoms with van der Waals surface area (Å²) >= 11 is 12.5. The van der Waals surface area contributed by atoms with Crippen molar-refractivity contribution >= 4 is 39.9 Å². The van der Waals surface area contributed by atoms with Crippen LogP contribution in [0.25, 0.3) is 22.0 Å². The molecule has 5 heteroatoms. The molecule has 0 fully saturated rings. The zero-order valence-electron chi connectivity index (χ0n) is 12.6. The third kappa shape index (κ3) is 2.78. The van der Waals surface area contributed by atoms with Crippen LogP contribution in [0.5, 0.6) is 0 Å². The van der Waals surface area contributed by atoms with E-state index in [0.29, 0.717) is 15.6 Å². The highest BCUT2D eigenvalue weighted by molar-refractivity contribution is 6.36. The third-order valence-electron chi connectivity index (χ3n) is 3.78. The highest BCUT2D eigenvalue weighted by Gasteiger charge is 2.14. The first-order valence-corrected chi connectivity index (χ1v) is 7.70. The Bertz CT molecular complexity index is 922. The number of fused-ring (bicyclic) bond motifs is 1. The number of hydrogen-bond acceptors (Lipinski definition) is 3. The maximum Gasteiger partial charge on any atom is 0.337 e. The SMILES string of the molecule is COC(=O)c1ccc2c(Cl)cnc(-c3cccc(Cl)c3C)c2c1. The average Bonchev–Trinajstić information content (AvgIpc) is 2.57. The number of halogens is 2. The number of hydrogen-bond donors (Lipinski definition) is 0. The Morgan fingerprint density at radius 3 is 2.61 bits per heavy atom. The molecule has 0 unspecified atom stereocenters. The molecule has 0 N–H and O–H groups in total. The summed E-state index contributed by atoms with van der Waals surface area (Å²) in [5, 5.41) is 2.80. The molecule has 0 spiro atoms. The first-order valence-electron chi connectivity index (χ1n) is 6.95. The van der Waals surface area contributed by atoms with Gasteiger partial charge in [-0.1, -0.05) is 41.4 Å². The fourth-order valence-electron chi connectivity index (χ4n) is 2.53. The summed E-state index contributed by atoms with van der Waals surface area (Å²) in [5.41, 5.74) is 3.01. The highest BCUT2D eigenvalue weighted by atomic mass is 35.5. The van der Waals surface area contributed by atoms with Crippen LogP contribution in [0, 0.1) is 6.92 Å². The van der Waals surface area contributed by atoms with Gasteiger partial charge in [-0.05, 0) is 30.7 Å². The number of carbonyl (C=O) groups is 1. The zero-order chi connectivity index (χ0) is 16.6. The molecule has 0 radical (unpaired) electrons. The number of rotatable bonds is 2. The number of carbonyl (C=O) groups excluding carboxylic acids is 1. The van der Waals surface area contributed by atoms with Crippen molar-refractivity contribution in [2.75, 3.05) is 7.11 Å². The lowest BCUT2D eigenvalue weighted by molar-refractivity contribution is 0.0601. The van der Waals surface area contributed by atoms with Gasteiger partial charge in [0, 0.05) is 27.6 Å². The number of pyridine rings is 1. The Kier molecular flexibility index (Phi) is 4.24. The maximum absolute atomic E-state index is 11.8. The summed E-state index contributed by atoms with van der Waals surface area (Å²) in [6.45, 7) is 1.93. The van der Waals surface area contributed by atoms with Crippen LogP contribution in [0.3, 0.4) is 0 Å². The fraction of sp³-hybridized carbons (Fsp3) is 0.111. The molecular formula is C18H13Cl2NO2. The molecule has 1 heterocycles. The minimum Gasteiger partial charge on any atom is -0.465 e. The Morgan fingerprint density at radius 2 is 1.87 bits per heavy atom. The standard InChI is InChI=1S/C18H13Cl2NO2/c1-10-12(4-3-5-15(10)19)17-14-8-11(18(22)23-2)6-7-13(14)16(20)9-21-17/h3-9H,1-2H3. The van der Waals surface area contributed by atoms with Gasteiger partial charge in [0.15, 0.2) is 0 Å². The van der Waals surface area contributed by atoms with E-state index in [0.717, 1.165) is 27.6 Å². The molecule has 0 amide bonds. The minimum atomic E-state index is -0.402. The van der Waals surface area contributed by atoms with Crippen LogP contribution >= 0.6 is 23.2 Å². The second kappa shape index (κ2) is 6.19.